The number of aryl methyl sites for hydroxylation is 2. The summed E-state index contributed by atoms with van der Waals surface area (Å²) < 4.78 is 67.6. The number of carbonyl (C=O) groups excluding carboxylic acids is 1. The van der Waals surface area contributed by atoms with Gasteiger partial charge in [0.2, 0.25) is 0 Å². The molecule has 1 atom stereocenters. The van der Waals surface area contributed by atoms with Crippen LogP contribution in [0.25, 0.3) is 0 Å². The molecule has 0 radical (unpaired) electrons. The van der Waals surface area contributed by atoms with Crippen LogP contribution in [0.2, 0.25) is 0 Å². The second kappa shape index (κ2) is 8.89. The number of halogens is 3. The van der Waals surface area contributed by atoms with E-state index in [-0.39, 0.29) is 22.2 Å². The zero-order chi connectivity index (χ0) is 24.6. The SMILES string of the molecule is Cc1nn(C)c(C)c1C(C)NC(=O)c1ccc(S(=O)(=O)Nc2cccc(C(F)(F)F)c2)cc1. The fourth-order valence-corrected chi connectivity index (χ4v) is 4.58. The van der Waals surface area contributed by atoms with Crippen LogP contribution >= 0.6 is 0 Å². The number of amides is 1. The third-order valence-corrected chi connectivity index (χ3v) is 6.61. The van der Waals surface area contributed by atoms with Crippen LogP contribution in [0.5, 0.6) is 0 Å². The summed E-state index contributed by atoms with van der Waals surface area (Å²) in [5.74, 6) is -0.403. The predicted molar refractivity (Wildman–Crippen MR) is 117 cm³/mol. The number of anilines is 1. The van der Waals surface area contributed by atoms with Crippen molar-refractivity contribution in [1.29, 1.82) is 0 Å². The number of nitrogens with one attached hydrogen (secondary N) is 2. The molecule has 0 saturated carbocycles. The van der Waals surface area contributed by atoms with Crippen molar-refractivity contribution in [2.24, 2.45) is 7.05 Å². The molecule has 0 aliphatic carbocycles. The Kier molecular flexibility index (Phi) is 6.55. The molecular weight excluding hydrogens is 457 g/mol. The summed E-state index contributed by atoms with van der Waals surface area (Å²) in [6, 6.07) is 8.68. The van der Waals surface area contributed by atoms with Gasteiger partial charge in [0, 0.05) is 29.6 Å². The van der Waals surface area contributed by atoms with Gasteiger partial charge in [-0.1, -0.05) is 6.07 Å². The molecule has 0 fully saturated rings. The van der Waals surface area contributed by atoms with Crippen LogP contribution in [0.4, 0.5) is 18.9 Å². The molecule has 0 spiro atoms. The van der Waals surface area contributed by atoms with Crippen molar-refractivity contribution in [3.63, 3.8) is 0 Å². The molecule has 7 nitrogen and oxygen atoms in total. The molecule has 1 heterocycles. The van der Waals surface area contributed by atoms with Gasteiger partial charge in [-0.25, -0.2) is 8.42 Å². The molecule has 11 heteroatoms. The number of sulfonamides is 1. The lowest BCUT2D eigenvalue weighted by molar-refractivity contribution is -0.137. The topological polar surface area (TPSA) is 93.1 Å². The lowest BCUT2D eigenvalue weighted by Gasteiger charge is -2.15. The fraction of sp³-hybridized carbons (Fsp3) is 0.273. The van der Waals surface area contributed by atoms with Gasteiger partial charge in [-0.15, -0.1) is 0 Å². The molecular formula is C22H23F3N4O3S. The van der Waals surface area contributed by atoms with Crippen LogP contribution in [0.15, 0.2) is 53.4 Å². The van der Waals surface area contributed by atoms with Crippen molar-refractivity contribution in [3.05, 3.63) is 76.6 Å². The first kappa shape index (κ1) is 24.3. The van der Waals surface area contributed by atoms with Crippen LogP contribution < -0.4 is 10.0 Å². The Bertz CT molecular complexity index is 1280. The van der Waals surface area contributed by atoms with Crippen molar-refractivity contribution >= 4 is 21.6 Å². The number of hydrogen-bond donors (Lipinski definition) is 2. The Hall–Kier alpha value is -3.34. The maximum Gasteiger partial charge on any atom is 0.416 e. The zero-order valence-corrected chi connectivity index (χ0v) is 19.2. The monoisotopic (exact) mass is 480 g/mol. The molecule has 0 aliphatic heterocycles. The highest BCUT2D eigenvalue weighted by molar-refractivity contribution is 7.92. The number of benzene rings is 2. The van der Waals surface area contributed by atoms with Gasteiger partial charge < -0.3 is 5.32 Å². The van der Waals surface area contributed by atoms with Gasteiger partial charge in [0.1, 0.15) is 0 Å². The van der Waals surface area contributed by atoms with Crippen LogP contribution in [0.1, 0.15) is 45.8 Å². The Labute approximate surface area is 189 Å². The first-order valence-corrected chi connectivity index (χ1v) is 11.4. The zero-order valence-electron chi connectivity index (χ0n) is 18.4. The van der Waals surface area contributed by atoms with E-state index >= 15 is 0 Å². The van der Waals surface area contributed by atoms with Crippen molar-refractivity contribution in [2.45, 2.75) is 37.9 Å². The predicted octanol–water partition coefficient (Wildman–Crippen LogP) is 4.35. The largest absolute Gasteiger partial charge is 0.416 e. The smallest absolute Gasteiger partial charge is 0.345 e. The quantitative estimate of drug-likeness (QED) is 0.549. The third kappa shape index (κ3) is 5.36. The average Bonchev–Trinajstić information content (AvgIpc) is 2.98. The number of rotatable bonds is 6. The third-order valence-electron chi connectivity index (χ3n) is 5.21. The Balaban J connectivity index is 1.74. The van der Waals surface area contributed by atoms with Gasteiger partial charge in [-0.2, -0.15) is 18.3 Å². The minimum absolute atomic E-state index is 0.191. The van der Waals surface area contributed by atoms with Gasteiger partial charge in [0.05, 0.1) is 22.2 Å². The first-order valence-electron chi connectivity index (χ1n) is 9.90. The van der Waals surface area contributed by atoms with E-state index in [1.807, 2.05) is 27.8 Å². The first-order chi connectivity index (χ1) is 15.3. The summed E-state index contributed by atoms with van der Waals surface area (Å²) in [4.78, 5) is 12.4. The summed E-state index contributed by atoms with van der Waals surface area (Å²) in [7, 11) is -2.34. The van der Waals surface area contributed by atoms with E-state index in [2.05, 4.69) is 15.1 Å². The van der Waals surface area contributed by atoms with E-state index in [4.69, 9.17) is 0 Å². The normalized spacial score (nSPS) is 12.9. The summed E-state index contributed by atoms with van der Waals surface area (Å²) in [5.41, 5.74) is 1.66. The molecule has 1 amide bonds. The molecule has 3 rings (SSSR count). The molecule has 33 heavy (non-hydrogen) atoms. The molecule has 0 bridgehead atoms. The molecule has 3 aromatic rings. The van der Waals surface area contributed by atoms with E-state index in [1.165, 1.54) is 30.3 Å². The maximum atomic E-state index is 12.9. The van der Waals surface area contributed by atoms with Crippen LogP contribution in [0, 0.1) is 13.8 Å². The van der Waals surface area contributed by atoms with E-state index in [0.29, 0.717) is 6.07 Å². The highest BCUT2D eigenvalue weighted by atomic mass is 32.2. The molecule has 1 aromatic heterocycles. The van der Waals surface area contributed by atoms with Gasteiger partial charge in [0.15, 0.2) is 0 Å². The maximum absolute atomic E-state index is 12.9. The summed E-state index contributed by atoms with van der Waals surface area (Å²) in [6.45, 7) is 5.57. The number of nitrogens with zero attached hydrogens (tertiary/aromatic N) is 2. The van der Waals surface area contributed by atoms with E-state index in [1.54, 1.807) is 4.68 Å². The summed E-state index contributed by atoms with van der Waals surface area (Å²) in [5, 5.41) is 7.19. The van der Waals surface area contributed by atoms with E-state index in [9.17, 15) is 26.4 Å². The summed E-state index contributed by atoms with van der Waals surface area (Å²) >= 11 is 0. The van der Waals surface area contributed by atoms with Gasteiger partial charge in [-0.3, -0.25) is 14.2 Å². The lowest BCUT2D eigenvalue weighted by Crippen LogP contribution is -2.27. The molecule has 0 aliphatic rings. The van der Waals surface area contributed by atoms with Gasteiger partial charge in [-0.05, 0) is 63.2 Å². The Morgan fingerprint density at radius 2 is 1.73 bits per heavy atom. The number of aromatic nitrogens is 2. The second-order valence-corrected chi connectivity index (χ2v) is 9.29. The number of alkyl halides is 3. The van der Waals surface area contributed by atoms with Gasteiger partial charge in [0.25, 0.3) is 15.9 Å². The molecule has 0 saturated heterocycles. The van der Waals surface area contributed by atoms with Crippen molar-refractivity contribution in [2.75, 3.05) is 4.72 Å². The average molecular weight is 481 g/mol. The summed E-state index contributed by atoms with van der Waals surface area (Å²) in [6.07, 6.45) is -4.60. The molecule has 1 unspecified atom stereocenters. The van der Waals surface area contributed by atoms with Crippen molar-refractivity contribution < 1.29 is 26.4 Å². The minimum Gasteiger partial charge on any atom is -0.345 e. The van der Waals surface area contributed by atoms with Crippen molar-refractivity contribution in [1.82, 2.24) is 15.1 Å². The fourth-order valence-electron chi connectivity index (χ4n) is 3.53. The highest BCUT2D eigenvalue weighted by Gasteiger charge is 2.30. The second-order valence-electron chi connectivity index (χ2n) is 7.61. The van der Waals surface area contributed by atoms with Crippen LogP contribution in [0.3, 0.4) is 0 Å². The lowest BCUT2D eigenvalue weighted by atomic mass is 10.1. The molecule has 176 valence electrons. The Morgan fingerprint density at radius 3 is 2.27 bits per heavy atom. The number of carbonyl (C=O) groups is 1. The standard InChI is InChI=1S/C22H23F3N4O3S/c1-13(20-14(2)27-29(4)15(20)3)26-21(30)16-8-10-19(11-9-16)33(31,32)28-18-7-5-6-17(12-18)22(23,24)25/h5-13,28H,1-4H3,(H,26,30). The molecule has 2 aromatic carbocycles. The van der Waals surface area contributed by atoms with Gasteiger partial charge >= 0.3 is 6.18 Å². The van der Waals surface area contributed by atoms with E-state index in [0.717, 1.165) is 29.1 Å². The highest BCUT2D eigenvalue weighted by Crippen LogP contribution is 2.31. The van der Waals surface area contributed by atoms with E-state index < -0.39 is 27.7 Å². The van der Waals surface area contributed by atoms with Crippen molar-refractivity contribution in [3.8, 4) is 0 Å². The Morgan fingerprint density at radius 1 is 1.09 bits per heavy atom. The molecule has 2 N–H and O–H groups in total. The van der Waals surface area contributed by atoms with Crippen LogP contribution in [-0.4, -0.2) is 24.1 Å². The van der Waals surface area contributed by atoms with Crippen LogP contribution in [-0.2, 0) is 23.2 Å². The minimum atomic E-state index is -4.60. The number of hydrogen-bond acceptors (Lipinski definition) is 4.